The Labute approximate surface area is 110 Å². The summed E-state index contributed by atoms with van der Waals surface area (Å²) in [5.41, 5.74) is 0.992. The Morgan fingerprint density at radius 2 is 2.06 bits per heavy atom. The molecule has 0 amide bonds. The van der Waals surface area contributed by atoms with Crippen LogP contribution in [0.2, 0.25) is 0 Å². The van der Waals surface area contributed by atoms with E-state index in [1.54, 1.807) is 0 Å². The number of aliphatic carboxylic acids is 1. The highest BCUT2D eigenvalue weighted by molar-refractivity contribution is 5.85. The first-order chi connectivity index (χ1) is 8.25. The fourth-order valence-electron chi connectivity index (χ4n) is 2.43. The number of fused-ring (bicyclic) bond motifs is 1. The summed E-state index contributed by atoms with van der Waals surface area (Å²) in [6.45, 7) is 1.45. The van der Waals surface area contributed by atoms with Gasteiger partial charge in [0, 0.05) is 19.0 Å². The highest BCUT2D eigenvalue weighted by atomic mass is 35.5. The lowest BCUT2D eigenvalue weighted by Crippen LogP contribution is -2.20. The number of hydrogen-bond donors (Lipinski definition) is 2. The molecule has 0 spiro atoms. The minimum atomic E-state index is -0.752. The number of benzene rings is 1. The van der Waals surface area contributed by atoms with Crippen molar-refractivity contribution in [3.05, 3.63) is 23.8 Å². The maximum absolute atomic E-state index is 11.1. The van der Waals surface area contributed by atoms with Gasteiger partial charge < -0.3 is 19.9 Å². The van der Waals surface area contributed by atoms with Crippen LogP contribution in [0.15, 0.2) is 18.2 Å². The van der Waals surface area contributed by atoms with Gasteiger partial charge in [-0.2, -0.15) is 0 Å². The highest BCUT2D eigenvalue weighted by Gasteiger charge is 2.34. The number of rotatable bonds is 2. The molecule has 2 aliphatic rings. The molecule has 0 radical (unpaired) electrons. The SMILES string of the molecule is Cl.O=C(O)C1CNCC1c1ccc2c(c1)OCO2. The Kier molecular flexibility index (Phi) is 3.63. The molecule has 0 bridgehead atoms. The quantitative estimate of drug-likeness (QED) is 0.847. The molecule has 2 atom stereocenters. The molecule has 1 aromatic rings. The molecular weight excluding hydrogens is 258 g/mol. The number of carboxylic acids is 1. The lowest BCUT2D eigenvalue weighted by Gasteiger charge is -2.15. The Balaban J connectivity index is 0.00000120. The van der Waals surface area contributed by atoms with Crippen LogP contribution in [0.1, 0.15) is 11.5 Å². The Morgan fingerprint density at radius 3 is 2.83 bits per heavy atom. The van der Waals surface area contributed by atoms with Crippen LogP contribution in [0.4, 0.5) is 0 Å². The molecule has 1 fully saturated rings. The summed E-state index contributed by atoms with van der Waals surface area (Å²) >= 11 is 0. The molecule has 2 aliphatic heterocycles. The van der Waals surface area contributed by atoms with E-state index in [0.29, 0.717) is 18.8 Å². The molecule has 0 aromatic heterocycles. The first kappa shape index (κ1) is 13.0. The maximum atomic E-state index is 11.1. The third-order valence-corrected chi connectivity index (χ3v) is 3.36. The molecule has 98 valence electrons. The summed E-state index contributed by atoms with van der Waals surface area (Å²) in [5, 5.41) is 12.3. The number of nitrogens with one attached hydrogen (secondary N) is 1. The number of ether oxygens (including phenoxy) is 2. The molecule has 2 unspecified atom stereocenters. The molecule has 2 N–H and O–H groups in total. The van der Waals surface area contributed by atoms with E-state index in [4.69, 9.17) is 14.6 Å². The second kappa shape index (κ2) is 5.04. The molecule has 0 saturated carbocycles. The number of halogens is 1. The monoisotopic (exact) mass is 271 g/mol. The maximum Gasteiger partial charge on any atom is 0.308 e. The predicted octanol–water partition coefficient (Wildman–Crippen LogP) is 1.22. The van der Waals surface area contributed by atoms with E-state index in [1.807, 2.05) is 18.2 Å². The van der Waals surface area contributed by atoms with E-state index < -0.39 is 5.97 Å². The summed E-state index contributed by atoms with van der Waals surface area (Å²) in [6, 6.07) is 5.64. The number of carboxylic acid groups (broad SMARTS) is 1. The van der Waals surface area contributed by atoms with Gasteiger partial charge in [-0.3, -0.25) is 4.79 Å². The van der Waals surface area contributed by atoms with Gasteiger partial charge >= 0.3 is 5.97 Å². The molecule has 1 aromatic carbocycles. The van der Waals surface area contributed by atoms with Crippen LogP contribution in [0.5, 0.6) is 11.5 Å². The van der Waals surface area contributed by atoms with E-state index >= 15 is 0 Å². The van der Waals surface area contributed by atoms with Crippen molar-refractivity contribution in [2.24, 2.45) is 5.92 Å². The van der Waals surface area contributed by atoms with E-state index in [1.165, 1.54) is 0 Å². The van der Waals surface area contributed by atoms with Crippen molar-refractivity contribution in [2.45, 2.75) is 5.92 Å². The smallest absolute Gasteiger partial charge is 0.308 e. The summed E-state index contributed by atoms with van der Waals surface area (Å²) in [7, 11) is 0. The normalized spacial score (nSPS) is 24.7. The molecule has 5 nitrogen and oxygen atoms in total. The van der Waals surface area contributed by atoms with Crippen LogP contribution in [-0.2, 0) is 4.79 Å². The molecule has 0 aliphatic carbocycles. The summed E-state index contributed by atoms with van der Waals surface area (Å²) in [4.78, 5) is 11.1. The standard InChI is InChI=1S/C12H13NO4.ClH/c14-12(15)9-5-13-4-8(9)7-1-2-10-11(3-7)17-6-16-10;/h1-3,8-9,13H,4-6H2,(H,14,15);1H. The largest absolute Gasteiger partial charge is 0.481 e. The van der Waals surface area contributed by atoms with Gasteiger partial charge in [0.25, 0.3) is 0 Å². The van der Waals surface area contributed by atoms with Crippen molar-refractivity contribution in [3.63, 3.8) is 0 Å². The first-order valence-electron chi connectivity index (χ1n) is 5.59. The average molecular weight is 272 g/mol. The second-order valence-corrected chi connectivity index (χ2v) is 4.32. The van der Waals surface area contributed by atoms with Crippen molar-refractivity contribution in [3.8, 4) is 11.5 Å². The van der Waals surface area contributed by atoms with Crippen LogP contribution < -0.4 is 14.8 Å². The van der Waals surface area contributed by atoms with Gasteiger partial charge in [0.1, 0.15) is 0 Å². The molecule has 18 heavy (non-hydrogen) atoms. The Hall–Kier alpha value is -1.46. The van der Waals surface area contributed by atoms with Crippen LogP contribution in [-0.4, -0.2) is 31.0 Å². The minimum absolute atomic E-state index is 0. The third kappa shape index (κ3) is 2.11. The topological polar surface area (TPSA) is 67.8 Å². The van der Waals surface area contributed by atoms with Crippen molar-refractivity contribution < 1.29 is 19.4 Å². The first-order valence-corrected chi connectivity index (χ1v) is 5.59. The Morgan fingerprint density at radius 1 is 1.28 bits per heavy atom. The predicted molar refractivity (Wildman–Crippen MR) is 66.5 cm³/mol. The van der Waals surface area contributed by atoms with Crippen LogP contribution in [0, 0.1) is 5.92 Å². The molecule has 3 rings (SSSR count). The fourth-order valence-corrected chi connectivity index (χ4v) is 2.43. The van der Waals surface area contributed by atoms with Gasteiger partial charge in [-0.25, -0.2) is 0 Å². The lowest BCUT2D eigenvalue weighted by molar-refractivity contribution is -0.141. The zero-order chi connectivity index (χ0) is 11.8. The Bertz CT molecular complexity index is 465. The lowest BCUT2D eigenvalue weighted by atomic mass is 9.89. The third-order valence-electron chi connectivity index (χ3n) is 3.36. The minimum Gasteiger partial charge on any atom is -0.481 e. The summed E-state index contributed by atoms with van der Waals surface area (Å²) in [5.74, 6) is 0.320. The van der Waals surface area contributed by atoms with Crippen molar-refractivity contribution in [2.75, 3.05) is 19.9 Å². The zero-order valence-corrected chi connectivity index (χ0v) is 10.4. The van der Waals surface area contributed by atoms with Crippen molar-refractivity contribution >= 4 is 18.4 Å². The molecular formula is C12H14ClNO4. The van der Waals surface area contributed by atoms with E-state index in [9.17, 15) is 4.79 Å². The van der Waals surface area contributed by atoms with Gasteiger partial charge in [-0.15, -0.1) is 12.4 Å². The van der Waals surface area contributed by atoms with E-state index in [2.05, 4.69) is 5.32 Å². The molecule has 6 heteroatoms. The van der Waals surface area contributed by atoms with Gasteiger partial charge in [0.2, 0.25) is 6.79 Å². The van der Waals surface area contributed by atoms with E-state index in [-0.39, 0.29) is 31.0 Å². The highest BCUT2D eigenvalue weighted by Crippen LogP contribution is 2.37. The van der Waals surface area contributed by atoms with Gasteiger partial charge in [0.05, 0.1) is 5.92 Å². The number of carbonyl (C=O) groups is 1. The van der Waals surface area contributed by atoms with Crippen molar-refractivity contribution in [1.29, 1.82) is 0 Å². The van der Waals surface area contributed by atoms with Crippen LogP contribution in [0.3, 0.4) is 0 Å². The second-order valence-electron chi connectivity index (χ2n) is 4.32. The number of hydrogen-bond acceptors (Lipinski definition) is 4. The fraction of sp³-hybridized carbons (Fsp3) is 0.417. The van der Waals surface area contributed by atoms with Gasteiger partial charge in [-0.05, 0) is 17.7 Å². The average Bonchev–Trinajstić information content (AvgIpc) is 2.96. The van der Waals surface area contributed by atoms with E-state index in [0.717, 1.165) is 11.3 Å². The van der Waals surface area contributed by atoms with Gasteiger partial charge in [0.15, 0.2) is 11.5 Å². The summed E-state index contributed by atoms with van der Waals surface area (Å²) in [6.07, 6.45) is 0. The summed E-state index contributed by atoms with van der Waals surface area (Å²) < 4.78 is 10.5. The molecule has 2 heterocycles. The van der Waals surface area contributed by atoms with Crippen LogP contribution >= 0.6 is 12.4 Å². The zero-order valence-electron chi connectivity index (χ0n) is 9.59. The van der Waals surface area contributed by atoms with Crippen molar-refractivity contribution in [1.82, 2.24) is 5.32 Å². The van der Waals surface area contributed by atoms with Crippen LogP contribution in [0.25, 0.3) is 0 Å². The van der Waals surface area contributed by atoms with Gasteiger partial charge in [-0.1, -0.05) is 6.07 Å². The molecule has 1 saturated heterocycles.